The van der Waals surface area contributed by atoms with E-state index >= 15 is 0 Å². The maximum Gasteiger partial charge on any atom is 0.310 e. The molecule has 9 nitrogen and oxygen atoms in total. The molecule has 0 aliphatic carbocycles. The number of rotatable bonds is 6. The normalized spacial score (nSPS) is 15.7. The quantitative estimate of drug-likeness (QED) is 0.309. The third-order valence-corrected chi connectivity index (χ3v) is 5.68. The number of piperidine rings is 1. The second-order valence-electron chi connectivity index (χ2n) is 7.95. The summed E-state index contributed by atoms with van der Waals surface area (Å²) in [6.45, 7) is 2.67. The molecule has 1 saturated heterocycles. The van der Waals surface area contributed by atoms with Crippen molar-refractivity contribution >= 4 is 17.6 Å². The molecule has 34 heavy (non-hydrogen) atoms. The molecular formula is C24H23FN4O5. The number of halogens is 1. The van der Waals surface area contributed by atoms with Gasteiger partial charge in [-0.15, -0.1) is 0 Å². The van der Waals surface area contributed by atoms with Gasteiger partial charge in [0.15, 0.2) is 0 Å². The number of carbonyl (C=O) groups excluding carboxylic acids is 2. The molecule has 0 bridgehead atoms. The number of nitro groups is 1. The largest absolute Gasteiger partial charge is 0.466 e. The Morgan fingerprint density at radius 1 is 1.21 bits per heavy atom. The Bertz CT molecular complexity index is 1220. The van der Waals surface area contributed by atoms with Crippen LogP contribution in [-0.2, 0) is 9.53 Å². The third-order valence-electron chi connectivity index (χ3n) is 5.68. The van der Waals surface area contributed by atoms with Crippen LogP contribution in [-0.4, -0.2) is 51.2 Å². The highest BCUT2D eigenvalue weighted by molar-refractivity contribution is 5.95. The van der Waals surface area contributed by atoms with Crippen LogP contribution in [0.5, 0.6) is 0 Å². The average molecular weight is 466 g/mol. The number of hydrogen-bond donors (Lipinski definition) is 0. The number of nitro benzene ring substituents is 1. The van der Waals surface area contributed by atoms with Gasteiger partial charge in [-0.25, -0.2) is 9.07 Å². The maximum atomic E-state index is 13.6. The van der Waals surface area contributed by atoms with Crippen LogP contribution in [0.4, 0.5) is 10.1 Å². The zero-order valence-electron chi connectivity index (χ0n) is 18.5. The first-order valence-electron chi connectivity index (χ1n) is 10.9. The molecule has 1 unspecified atom stereocenters. The summed E-state index contributed by atoms with van der Waals surface area (Å²) in [4.78, 5) is 38.1. The van der Waals surface area contributed by atoms with Gasteiger partial charge in [-0.05, 0) is 56.2 Å². The number of nitrogens with zero attached hydrogens (tertiary/aromatic N) is 4. The van der Waals surface area contributed by atoms with E-state index in [4.69, 9.17) is 4.74 Å². The summed E-state index contributed by atoms with van der Waals surface area (Å²) in [5.74, 6) is -1.51. The van der Waals surface area contributed by atoms with Crippen molar-refractivity contribution in [2.75, 3.05) is 19.7 Å². The van der Waals surface area contributed by atoms with Crippen LogP contribution in [0.25, 0.3) is 16.9 Å². The monoisotopic (exact) mass is 466 g/mol. The van der Waals surface area contributed by atoms with E-state index in [9.17, 15) is 24.1 Å². The molecule has 2 heterocycles. The van der Waals surface area contributed by atoms with Crippen molar-refractivity contribution in [2.24, 2.45) is 5.92 Å². The van der Waals surface area contributed by atoms with Crippen molar-refractivity contribution in [3.63, 3.8) is 0 Å². The second-order valence-corrected chi connectivity index (χ2v) is 7.95. The Hall–Kier alpha value is -4.08. The lowest BCUT2D eigenvalue weighted by molar-refractivity contribution is -0.384. The fourth-order valence-electron chi connectivity index (χ4n) is 4.01. The lowest BCUT2D eigenvalue weighted by Gasteiger charge is -2.31. The van der Waals surface area contributed by atoms with E-state index in [0.29, 0.717) is 36.3 Å². The lowest BCUT2D eigenvalue weighted by atomic mass is 9.98. The maximum absolute atomic E-state index is 13.6. The summed E-state index contributed by atoms with van der Waals surface area (Å²) >= 11 is 0. The molecule has 1 aliphatic rings. The van der Waals surface area contributed by atoms with Gasteiger partial charge < -0.3 is 9.64 Å². The van der Waals surface area contributed by atoms with Crippen molar-refractivity contribution in [2.45, 2.75) is 19.8 Å². The summed E-state index contributed by atoms with van der Waals surface area (Å²) < 4.78 is 19.9. The molecule has 0 radical (unpaired) electrons. The molecule has 0 N–H and O–H groups in total. The minimum Gasteiger partial charge on any atom is -0.466 e. The van der Waals surface area contributed by atoms with Crippen molar-refractivity contribution in [1.82, 2.24) is 14.7 Å². The highest BCUT2D eigenvalue weighted by Crippen LogP contribution is 2.26. The molecule has 0 saturated carbocycles. The standard InChI is InChI=1S/C24H23FN4O5/c1-2-34-24(31)17-5-4-12-27(15-17)23(30)22-14-21(16-8-10-18(25)11-9-16)26-28(22)19-6-3-7-20(13-19)29(32)33/h3,6-11,13-14,17H,2,4-5,12,15H2,1H3. The van der Waals surface area contributed by atoms with Gasteiger partial charge >= 0.3 is 5.97 Å². The number of ether oxygens (including phenoxy) is 1. The van der Waals surface area contributed by atoms with Crippen LogP contribution >= 0.6 is 0 Å². The summed E-state index contributed by atoms with van der Waals surface area (Å²) in [5.41, 5.74) is 1.38. The second kappa shape index (κ2) is 9.82. The zero-order chi connectivity index (χ0) is 24.2. The molecule has 10 heteroatoms. The fraction of sp³-hybridized carbons (Fsp3) is 0.292. The highest BCUT2D eigenvalue weighted by Gasteiger charge is 2.32. The van der Waals surface area contributed by atoms with Gasteiger partial charge in [-0.2, -0.15) is 5.10 Å². The molecule has 2 aromatic carbocycles. The molecule has 1 atom stereocenters. The molecule has 3 aromatic rings. The molecular weight excluding hydrogens is 443 g/mol. The van der Waals surface area contributed by atoms with Crippen molar-refractivity contribution < 1.29 is 23.6 Å². The fourth-order valence-corrected chi connectivity index (χ4v) is 4.01. The molecule has 176 valence electrons. The average Bonchev–Trinajstić information content (AvgIpc) is 3.30. The molecule has 4 rings (SSSR count). The summed E-state index contributed by atoms with van der Waals surface area (Å²) in [6, 6.07) is 13.0. The van der Waals surface area contributed by atoms with Crippen molar-refractivity contribution in [3.05, 3.63) is 76.2 Å². The zero-order valence-corrected chi connectivity index (χ0v) is 18.5. The van der Waals surface area contributed by atoms with E-state index in [1.54, 1.807) is 36.1 Å². The van der Waals surface area contributed by atoms with E-state index in [1.165, 1.54) is 35.0 Å². The topological polar surface area (TPSA) is 108 Å². The number of aromatic nitrogens is 2. The molecule has 1 fully saturated rings. The predicted molar refractivity (Wildman–Crippen MR) is 121 cm³/mol. The number of hydrogen-bond acceptors (Lipinski definition) is 6. The molecule has 1 aromatic heterocycles. The first-order valence-corrected chi connectivity index (χ1v) is 10.9. The van der Waals surface area contributed by atoms with Gasteiger partial charge in [0.05, 0.1) is 28.8 Å². The number of likely N-dealkylation sites (tertiary alicyclic amines) is 1. The first-order chi connectivity index (χ1) is 16.4. The Morgan fingerprint density at radius 2 is 1.97 bits per heavy atom. The molecule has 0 spiro atoms. The van der Waals surface area contributed by atoms with Gasteiger partial charge in [0, 0.05) is 30.8 Å². The SMILES string of the molecule is CCOC(=O)C1CCCN(C(=O)c2cc(-c3ccc(F)cc3)nn2-c2cccc([N+](=O)[O-])c2)C1. The predicted octanol–water partition coefficient (Wildman–Crippen LogP) is 4.00. The number of amides is 1. The van der Waals surface area contributed by atoms with Gasteiger partial charge in [-0.3, -0.25) is 19.7 Å². The van der Waals surface area contributed by atoms with E-state index in [-0.39, 0.29) is 36.4 Å². The number of benzene rings is 2. The Balaban J connectivity index is 1.73. The summed E-state index contributed by atoms with van der Waals surface area (Å²) in [6.07, 6.45) is 1.28. The van der Waals surface area contributed by atoms with Gasteiger partial charge in [-0.1, -0.05) is 6.07 Å². The molecule has 1 amide bonds. The van der Waals surface area contributed by atoms with Crippen LogP contribution in [0, 0.1) is 21.8 Å². The number of esters is 1. The van der Waals surface area contributed by atoms with Crippen LogP contribution in [0.15, 0.2) is 54.6 Å². The third kappa shape index (κ3) is 4.80. The van der Waals surface area contributed by atoms with Crippen LogP contribution in [0.1, 0.15) is 30.3 Å². The van der Waals surface area contributed by atoms with Crippen LogP contribution < -0.4 is 0 Å². The van der Waals surface area contributed by atoms with Gasteiger partial charge in [0.1, 0.15) is 11.5 Å². The minimum atomic E-state index is -0.524. The Kier molecular flexibility index (Phi) is 6.67. The smallest absolute Gasteiger partial charge is 0.310 e. The molecule has 1 aliphatic heterocycles. The van der Waals surface area contributed by atoms with E-state index in [2.05, 4.69) is 5.10 Å². The summed E-state index contributed by atoms with van der Waals surface area (Å²) in [7, 11) is 0. The van der Waals surface area contributed by atoms with Gasteiger partial charge in [0.25, 0.3) is 11.6 Å². The van der Waals surface area contributed by atoms with E-state index in [1.807, 2.05) is 0 Å². The van der Waals surface area contributed by atoms with Gasteiger partial charge in [0.2, 0.25) is 0 Å². The highest BCUT2D eigenvalue weighted by atomic mass is 19.1. The van der Waals surface area contributed by atoms with E-state index < -0.39 is 16.7 Å². The minimum absolute atomic E-state index is 0.143. The number of carbonyl (C=O) groups is 2. The van der Waals surface area contributed by atoms with Crippen LogP contribution in [0.2, 0.25) is 0 Å². The summed E-state index contributed by atoms with van der Waals surface area (Å²) in [5, 5.41) is 15.8. The van der Waals surface area contributed by atoms with Crippen molar-refractivity contribution in [1.29, 1.82) is 0 Å². The Morgan fingerprint density at radius 3 is 2.68 bits per heavy atom. The first kappa shape index (κ1) is 23.1. The van der Waals surface area contributed by atoms with Crippen molar-refractivity contribution in [3.8, 4) is 16.9 Å². The lowest BCUT2D eigenvalue weighted by Crippen LogP contribution is -2.43. The van der Waals surface area contributed by atoms with Crippen LogP contribution in [0.3, 0.4) is 0 Å². The number of non-ortho nitro benzene ring substituents is 1. The Labute approximate surface area is 194 Å². The van der Waals surface area contributed by atoms with E-state index in [0.717, 1.165) is 0 Å².